The Morgan fingerprint density at radius 3 is 2.47 bits per heavy atom. The van der Waals surface area contributed by atoms with Crippen LogP contribution < -0.4 is 4.74 Å². The Bertz CT molecular complexity index is 541. The van der Waals surface area contributed by atoms with Gasteiger partial charge in [0.15, 0.2) is 11.6 Å². The van der Waals surface area contributed by atoms with Crippen LogP contribution in [-0.4, -0.2) is 15.0 Å². The topological polar surface area (TPSA) is 43.4 Å². The molecule has 0 aromatic heterocycles. The van der Waals surface area contributed by atoms with Crippen LogP contribution in [0.4, 0.5) is 8.78 Å². The van der Waals surface area contributed by atoms with Gasteiger partial charge in [-0.25, -0.2) is 12.8 Å². The molecule has 94 valence electrons. The second kappa shape index (κ2) is 4.42. The number of ether oxygens (including phenoxy) is 1. The van der Waals surface area contributed by atoms with Gasteiger partial charge in [-0.3, -0.25) is 0 Å². The standard InChI is InChI=1S/C10H9ClF2O3S/c11-17(14,15)8-4-3-7(9(12)10(8)13)16-5-6-1-2-6/h3-4,6H,1-2,5H2. The van der Waals surface area contributed by atoms with Gasteiger partial charge in [0.25, 0.3) is 9.05 Å². The molecule has 0 amide bonds. The molecule has 1 aliphatic rings. The highest BCUT2D eigenvalue weighted by molar-refractivity contribution is 8.13. The summed E-state index contributed by atoms with van der Waals surface area (Å²) >= 11 is 0. The van der Waals surface area contributed by atoms with Crippen molar-refractivity contribution in [3.63, 3.8) is 0 Å². The van der Waals surface area contributed by atoms with Gasteiger partial charge in [0.1, 0.15) is 4.90 Å². The first-order valence-electron chi connectivity index (χ1n) is 4.95. The first kappa shape index (κ1) is 12.6. The van der Waals surface area contributed by atoms with Crippen molar-refractivity contribution >= 4 is 19.7 Å². The average Bonchev–Trinajstić information content (AvgIpc) is 3.02. The maximum Gasteiger partial charge on any atom is 0.264 e. The van der Waals surface area contributed by atoms with Gasteiger partial charge in [-0.1, -0.05) is 0 Å². The normalized spacial score (nSPS) is 15.9. The lowest BCUT2D eigenvalue weighted by Gasteiger charge is -2.08. The molecule has 2 rings (SSSR count). The van der Waals surface area contributed by atoms with E-state index in [0.717, 1.165) is 25.0 Å². The molecule has 1 aliphatic carbocycles. The van der Waals surface area contributed by atoms with Gasteiger partial charge in [-0.2, -0.15) is 4.39 Å². The first-order chi connectivity index (χ1) is 7.89. The van der Waals surface area contributed by atoms with Gasteiger partial charge >= 0.3 is 0 Å². The predicted octanol–water partition coefficient (Wildman–Crippen LogP) is 2.68. The summed E-state index contributed by atoms with van der Waals surface area (Å²) in [6.07, 6.45) is 2.02. The van der Waals surface area contributed by atoms with Gasteiger partial charge in [0, 0.05) is 10.7 Å². The van der Waals surface area contributed by atoms with Crippen molar-refractivity contribution in [3.8, 4) is 5.75 Å². The zero-order valence-electron chi connectivity index (χ0n) is 8.62. The number of rotatable bonds is 4. The van der Waals surface area contributed by atoms with Crippen LogP contribution in [0.25, 0.3) is 0 Å². The van der Waals surface area contributed by atoms with Gasteiger partial charge < -0.3 is 4.74 Å². The van der Waals surface area contributed by atoms with Crippen LogP contribution in [0, 0.1) is 17.6 Å². The van der Waals surface area contributed by atoms with E-state index in [0.29, 0.717) is 12.5 Å². The monoisotopic (exact) mass is 282 g/mol. The lowest BCUT2D eigenvalue weighted by atomic mass is 10.3. The molecular formula is C10H9ClF2O3S. The first-order valence-corrected chi connectivity index (χ1v) is 7.26. The molecule has 0 aliphatic heterocycles. The van der Waals surface area contributed by atoms with E-state index >= 15 is 0 Å². The van der Waals surface area contributed by atoms with Crippen molar-refractivity contribution in [3.05, 3.63) is 23.8 Å². The zero-order chi connectivity index (χ0) is 12.6. The highest BCUT2D eigenvalue weighted by Crippen LogP contribution is 2.32. The van der Waals surface area contributed by atoms with E-state index in [4.69, 9.17) is 15.4 Å². The molecule has 1 aromatic carbocycles. The summed E-state index contributed by atoms with van der Waals surface area (Å²) in [5.74, 6) is -2.74. The molecule has 0 radical (unpaired) electrons. The van der Waals surface area contributed by atoms with Crippen LogP contribution in [-0.2, 0) is 9.05 Å². The van der Waals surface area contributed by atoms with Crippen molar-refractivity contribution in [2.24, 2.45) is 5.92 Å². The summed E-state index contributed by atoms with van der Waals surface area (Å²) in [5, 5.41) is 0. The predicted molar refractivity (Wildman–Crippen MR) is 57.6 cm³/mol. The van der Waals surface area contributed by atoms with Crippen LogP contribution in [0.15, 0.2) is 17.0 Å². The minimum absolute atomic E-state index is 0.293. The van der Waals surface area contributed by atoms with E-state index in [9.17, 15) is 17.2 Å². The second-order valence-electron chi connectivity index (χ2n) is 3.88. The zero-order valence-corrected chi connectivity index (χ0v) is 10.2. The molecule has 0 bridgehead atoms. The molecule has 0 unspecified atom stereocenters. The summed E-state index contributed by atoms with van der Waals surface area (Å²) < 4.78 is 53.7. The van der Waals surface area contributed by atoms with Gasteiger partial charge in [-0.15, -0.1) is 0 Å². The summed E-state index contributed by atoms with van der Waals surface area (Å²) in [6, 6.07) is 1.96. The summed E-state index contributed by atoms with van der Waals surface area (Å²) in [5.41, 5.74) is 0. The van der Waals surface area contributed by atoms with Crippen LogP contribution in [0.5, 0.6) is 5.75 Å². The lowest BCUT2D eigenvalue weighted by molar-refractivity contribution is 0.279. The van der Waals surface area contributed by atoms with Crippen molar-refractivity contribution in [1.29, 1.82) is 0 Å². The van der Waals surface area contributed by atoms with Gasteiger partial charge in [-0.05, 0) is 30.9 Å². The fraction of sp³-hybridized carbons (Fsp3) is 0.400. The van der Waals surface area contributed by atoms with E-state index < -0.39 is 25.6 Å². The average molecular weight is 283 g/mol. The third-order valence-corrected chi connectivity index (χ3v) is 3.78. The Balaban J connectivity index is 2.28. The highest BCUT2D eigenvalue weighted by atomic mass is 35.7. The molecule has 0 saturated heterocycles. The Morgan fingerprint density at radius 2 is 1.94 bits per heavy atom. The molecule has 3 nitrogen and oxygen atoms in total. The van der Waals surface area contributed by atoms with Crippen molar-refractivity contribution in [2.75, 3.05) is 6.61 Å². The molecule has 7 heteroatoms. The lowest BCUT2D eigenvalue weighted by Crippen LogP contribution is -2.05. The van der Waals surface area contributed by atoms with Gasteiger partial charge in [0.05, 0.1) is 6.61 Å². The van der Waals surface area contributed by atoms with E-state index in [1.165, 1.54) is 0 Å². The van der Waals surface area contributed by atoms with Crippen molar-refractivity contribution < 1.29 is 21.9 Å². The number of hydrogen-bond donors (Lipinski definition) is 0. The molecule has 1 aromatic rings. The van der Waals surface area contributed by atoms with Crippen molar-refractivity contribution in [2.45, 2.75) is 17.7 Å². The molecular weight excluding hydrogens is 274 g/mol. The highest BCUT2D eigenvalue weighted by Gasteiger charge is 2.25. The molecule has 1 fully saturated rings. The fourth-order valence-electron chi connectivity index (χ4n) is 1.31. The molecule has 0 N–H and O–H groups in total. The van der Waals surface area contributed by atoms with E-state index in [2.05, 4.69) is 0 Å². The molecule has 0 heterocycles. The van der Waals surface area contributed by atoms with E-state index in [-0.39, 0.29) is 5.75 Å². The quantitative estimate of drug-likeness (QED) is 0.798. The largest absolute Gasteiger partial charge is 0.490 e. The number of halogens is 3. The third kappa shape index (κ3) is 2.87. The molecule has 17 heavy (non-hydrogen) atoms. The third-order valence-electron chi connectivity index (χ3n) is 2.45. The number of hydrogen-bond acceptors (Lipinski definition) is 3. The van der Waals surface area contributed by atoms with E-state index in [1.54, 1.807) is 0 Å². The summed E-state index contributed by atoms with van der Waals surface area (Å²) in [4.78, 5) is -0.879. The van der Waals surface area contributed by atoms with Crippen LogP contribution in [0.1, 0.15) is 12.8 Å². The minimum Gasteiger partial charge on any atom is -0.490 e. The maximum absolute atomic E-state index is 13.4. The number of benzene rings is 1. The van der Waals surface area contributed by atoms with E-state index in [1.807, 2.05) is 0 Å². The SMILES string of the molecule is O=S(=O)(Cl)c1ccc(OCC2CC2)c(F)c1F. The fourth-order valence-corrected chi connectivity index (χ4v) is 2.20. The van der Waals surface area contributed by atoms with Crippen molar-refractivity contribution in [1.82, 2.24) is 0 Å². The summed E-state index contributed by atoms with van der Waals surface area (Å²) in [7, 11) is 0.660. The Labute approximate surface area is 102 Å². The Kier molecular flexibility index (Phi) is 3.27. The van der Waals surface area contributed by atoms with Crippen LogP contribution >= 0.6 is 10.7 Å². The smallest absolute Gasteiger partial charge is 0.264 e. The minimum atomic E-state index is -4.29. The van der Waals surface area contributed by atoms with Gasteiger partial charge in [0.2, 0.25) is 5.82 Å². The molecule has 0 spiro atoms. The molecule has 1 saturated carbocycles. The van der Waals surface area contributed by atoms with Crippen LogP contribution in [0.2, 0.25) is 0 Å². The Hall–Kier alpha value is -0.880. The van der Waals surface area contributed by atoms with Crippen LogP contribution in [0.3, 0.4) is 0 Å². The maximum atomic E-state index is 13.4. The second-order valence-corrected chi connectivity index (χ2v) is 6.42. The Morgan fingerprint density at radius 1 is 1.29 bits per heavy atom. The summed E-state index contributed by atoms with van der Waals surface area (Å²) in [6.45, 7) is 0.309. The molecule has 0 atom stereocenters.